The van der Waals surface area contributed by atoms with E-state index in [4.69, 9.17) is 23.2 Å². The van der Waals surface area contributed by atoms with Crippen LogP contribution in [-0.2, 0) is 19.5 Å². The fourth-order valence-electron chi connectivity index (χ4n) is 3.30. The molecule has 0 radical (unpaired) electrons. The first-order valence-electron chi connectivity index (χ1n) is 8.65. The standard InChI is InChI=1S/C20H15Cl2F2N3O/c21-12-3-1-11(2-4-12)19-25-17-7-8-27(10-14(17)20(28)26-19)9-13-16(23)6-5-15(22)18(13)24/h1-6H,7-10H2,(H,25,26,28). The van der Waals surface area contributed by atoms with Crippen LogP contribution in [0.4, 0.5) is 8.78 Å². The highest BCUT2D eigenvalue weighted by atomic mass is 35.5. The summed E-state index contributed by atoms with van der Waals surface area (Å²) in [5.74, 6) is -0.948. The van der Waals surface area contributed by atoms with Crippen LogP contribution in [0.25, 0.3) is 11.4 Å². The van der Waals surface area contributed by atoms with E-state index in [1.54, 1.807) is 29.2 Å². The maximum atomic E-state index is 14.2. The Bertz CT molecular complexity index is 1100. The second kappa shape index (κ2) is 7.62. The number of nitrogens with zero attached hydrogens (tertiary/aromatic N) is 2. The van der Waals surface area contributed by atoms with E-state index >= 15 is 0 Å². The number of fused-ring (bicyclic) bond motifs is 1. The van der Waals surface area contributed by atoms with Crippen molar-refractivity contribution in [1.29, 1.82) is 0 Å². The largest absolute Gasteiger partial charge is 0.306 e. The minimum absolute atomic E-state index is 0.0239. The van der Waals surface area contributed by atoms with Crippen LogP contribution in [0.5, 0.6) is 0 Å². The van der Waals surface area contributed by atoms with Gasteiger partial charge < -0.3 is 4.98 Å². The van der Waals surface area contributed by atoms with Gasteiger partial charge in [0.25, 0.3) is 5.56 Å². The molecule has 1 aromatic heterocycles. The van der Waals surface area contributed by atoms with E-state index in [0.29, 0.717) is 35.1 Å². The average Bonchev–Trinajstić information content (AvgIpc) is 2.69. The van der Waals surface area contributed by atoms with Crippen molar-refractivity contribution in [3.63, 3.8) is 0 Å². The zero-order valence-electron chi connectivity index (χ0n) is 14.6. The first-order valence-corrected chi connectivity index (χ1v) is 9.40. The van der Waals surface area contributed by atoms with Gasteiger partial charge in [0.2, 0.25) is 0 Å². The molecule has 144 valence electrons. The van der Waals surface area contributed by atoms with Crippen LogP contribution in [0.1, 0.15) is 16.8 Å². The third-order valence-electron chi connectivity index (χ3n) is 4.79. The molecule has 4 rings (SSSR count). The molecule has 0 aliphatic carbocycles. The number of rotatable bonds is 3. The van der Waals surface area contributed by atoms with Crippen LogP contribution in [0, 0.1) is 11.6 Å². The molecule has 2 aromatic carbocycles. The molecule has 4 nitrogen and oxygen atoms in total. The highest BCUT2D eigenvalue weighted by molar-refractivity contribution is 6.31. The van der Waals surface area contributed by atoms with Crippen molar-refractivity contribution in [2.24, 2.45) is 0 Å². The topological polar surface area (TPSA) is 49.0 Å². The lowest BCUT2D eigenvalue weighted by atomic mass is 10.0. The summed E-state index contributed by atoms with van der Waals surface area (Å²) in [5.41, 5.74) is 1.60. The van der Waals surface area contributed by atoms with Crippen molar-refractivity contribution in [2.75, 3.05) is 6.54 Å². The van der Waals surface area contributed by atoms with Crippen LogP contribution < -0.4 is 5.56 Å². The van der Waals surface area contributed by atoms with E-state index < -0.39 is 11.6 Å². The number of benzene rings is 2. The van der Waals surface area contributed by atoms with E-state index in [9.17, 15) is 13.6 Å². The summed E-state index contributed by atoms with van der Waals surface area (Å²) < 4.78 is 28.2. The van der Waals surface area contributed by atoms with Crippen molar-refractivity contribution >= 4 is 23.2 Å². The molecule has 0 saturated carbocycles. The third-order valence-corrected chi connectivity index (χ3v) is 5.33. The van der Waals surface area contributed by atoms with Gasteiger partial charge in [-0.15, -0.1) is 0 Å². The van der Waals surface area contributed by atoms with E-state index in [1.807, 2.05) is 0 Å². The smallest absolute Gasteiger partial charge is 0.255 e. The molecule has 0 saturated heterocycles. The fraction of sp³-hybridized carbons (Fsp3) is 0.200. The quantitative estimate of drug-likeness (QED) is 0.629. The van der Waals surface area contributed by atoms with Gasteiger partial charge in [0.15, 0.2) is 0 Å². The third kappa shape index (κ3) is 3.68. The molecule has 0 unspecified atom stereocenters. The molecular formula is C20H15Cl2F2N3O. The molecule has 2 heterocycles. The predicted molar refractivity (Wildman–Crippen MR) is 104 cm³/mol. The van der Waals surface area contributed by atoms with Gasteiger partial charge in [-0.25, -0.2) is 13.8 Å². The van der Waals surface area contributed by atoms with Crippen molar-refractivity contribution in [3.05, 3.63) is 85.3 Å². The highest BCUT2D eigenvalue weighted by Crippen LogP contribution is 2.25. The Morgan fingerprint density at radius 1 is 1.11 bits per heavy atom. The number of nitrogens with one attached hydrogen (secondary N) is 1. The molecule has 8 heteroatoms. The van der Waals surface area contributed by atoms with E-state index in [2.05, 4.69) is 9.97 Å². The monoisotopic (exact) mass is 421 g/mol. The zero-order chi connectivity index (χ0) is 19.8. The number of hydrogen-bond acceptors (Lipinski definition) is 3. The van der Waals surface area contributed by atoms with Crippen LogP contribution in [-0.4, -0.2) is 21.4 Å². The fourth-order valence-corrected chi connectivity index (χ4v) is 3.60. The number of aromatic nitrogens is 2. The van der Waals surface area contributed by atoms with Crippen LogP contribution >= 0.6 is 23.2 Å². The molecular weight excluding hydrogens is 407 g/mol. The summed E-state index contributed by atoms with van der Waals surface area (Å²) >= 11 is 11.7. The summed E-state index contributed by atoms with van der Waals surface area (Å²) in [6.45, 7) is 0.801. The molecule has 1 N–H and O–H groups in total. The summed E-state index contributed by atoms with van der Waals surface area (Å²) in [6.07, 6.45) is 0.504. The minimum atomic E-state index is -0.766. The second-order valence-corrected chi connectivity index (χ2v) is 7.47. The SMILES string of the molecule is O=c1[nH]c(-c2ccc(Cl)cc2)nc2c1CN(Cc1c(F)ccc(Cl)c1F)CC2. The number of halogens is 4. The first-order chi connectivity index (χ1) is 13.4. The van der Waals surface area contributed by atoms with Crippen LogP contribution in [0.3, 0.4) is 0 Å². The van der Waals surface area contributed by atoms with Crippen molar-refractivity contribution in [1.82, 2.24) is 14.9 Å². The number of hydrogen-bond donors (Lipinski definition) is 1. The summed E-state index contributed by atoms with van der Waals surface area (Å²) in [5, 5.41) is 0.473. The van der Waals surface area contributed by atoms with E-state index in [-0.39, 0.29) is 29.2 Å². The average molecular weight is 422 g/mol. The van der Waals surface area contributed by atoms with Gasteiger partial charge in [0.1, 0.15) is 17.5 Å². The molecule has 0 atom stereocenters. The summed E-state index contributed by atoms with van der Waals surface area (Å²) in [6, 6.07) is 9.36. The Labute approximate surface area is 169 Å². The van der Waals surface area contributed by atoms with Gasteiger partial charge in [-0.05, 0) is 36.4 Å². The molecule has 1 aliphatic rings. The van der Waals surface area contributed by atoms with Gasteiger partial charge >= 0.3 is 0 Å². The van der Waals surface area contributed by atoms with E-state index in [0.717, 1.165) is 11.6 Å². The lowest BCUT2D eigenvalue weighted by molar-refractivity contribution is 0.235. The summed E-state index contributed by atoms with van der Waals surface area (Å²) in [7, 11) is 0. The number of aromatic amines is 1. The Kier molecular flexibility index (Phi) is 5.19. The lowest BCUT2D eigenvalue weighted by Gasteiger charge is -2.28. The Balaban J connectivity index is 1.61. The van der Waals surface area contributed by atoms with Crippen molar-refractivity contribution in [3.8, 4) is 11.4 Å². The normalized spacial score (nSPS) is 14.1. The van der Waals surface area contributed by atoms with Gasteiger partial charge in [0.05, 0.1) is 16.3 Å². The molecule has 1 aliphatic heterocycles. The van der Waals surface area contributed by atoms with Gasteiger partial charge in [-0.1, -0.05) is 23.2 Å². The molecule has 0 amide bonds. The predicted octanol–water partition coefficient (Wildman–Crippen LogP) is 4.58. The van der Waals surface area contributed by atoms with Crippen LogP contribution in [0.15, 0.2) is 41.2 Å². The van der Waals surface area contributed by atoms with Crippen molar-refractivity contribution in [2.45, 2.75) is 19.5 Å². The molecule has 0 fully saturated rings. The Morgan fingerprint density at radius 3 is 2.61 bits per heavy atom. The highest BCUT2D eigenvalue weighted by Gasteiger charge is 2.24. The molecule has 0 bridgehead atoms. The second-order valence-electron chi connectivity index (χ2n) is 6.63. The number of H-pyrrole nitrogens is 1. The Hall–Kier alpha value is -2.28. The van der Waals surface area contributed by atoms with Gasteiger partial charge in [-0.2, -0.15) is 0 Å². The maximum Gasteiger partial charge on any atom is 0.255 e. The lowest BCUT2D eigenvalue weighted by Crippen LogP contribution is -2.35. The van der Waals surface area contributed by atoms with Gasteiger partial charge in [0, 0.05) is 42.2 Å². The Morgan fingerprint density at radius 2 is 1.86 bits per heavy atom. The zero-order valence-corrected chi connectivity index (χ0v) is 16.1. The summed E-state index contributed by atoms with van der Waals surface area (Å²) in [4.78, 5) is 21.7. The minimum Gasteiger partial charge on any atom is -0.306 e. The van der Waals surface area contributed by atoms with Crippen LogP contribution in [0.2, 0.25) is 10.0 Å². The maximum absolute atomic E-state index is 14.2. The molecule has 0 spiro atoms. The molecule has 3 aromatic rings. The molecule has 28 heavy (non-hydrogen) atoms. The first kappa shape index (κ1) is 19.1. The van der Waals surface area contributed by atoms with Crippen molar-refractivity contribution < 1.29 is 8.78 Å². The van der Waals surface area contributed by atoms with E-state index in [1.165, 1.54) is 6.07 Å². The van der Waals surface area contributed by atoms with Gasteiger partial charge in [-0.3, -0.25) is 9.69 Å².